The number of benzene rings is 1. The van der Waals surface area contributed by atoms with Crippen molar-refractivity contribution < 1.29 is 9.21 Å². The number of fused-ring (bicyclic) bond motifs is 1. The lowest BCUT2D eigenvalue weighted by Gasteiger charge is -2.20. The smallest absolute Gasteiger partial charge is 0.231 e. The number of amides is 1. The summed E-state index contributed by atoms with van der Waals surface area (Å²) in [7, 11) is 0. The van der Waals surface area contributed by atoms with Crippen molar-refractivity contribution in [3.8, 4) is 11.6 Å². The molecule has 4 rings (SSSR count). The van der Waals surface area contributed by atoms with Crippen LogP contribution in [-0.2, 0) is 11.3 Å². The molecule has 0 saturated heterocycles. The summed E-state index contributed by atoms with van der Waals surface area (Å²) in [6.07, 6.45) is 1.61. The van der Waals surface area contributed by atoms with E-state index in [1.807, 2.05) is 47.9 Å². The third-order valence-corrected chi connectivity index (χ3v) is 5.76. The first-order chi connectivity index (χ1) is 14.6. The fourth-order valence-corrected chi connectivity index (χ4v) is 4.10. The van der Waals surface area contributed by atoms with Gasteiger partial charge >= 0.3 is 0 Å². The first-order valence-corrected chi connectivity index (χ1v) is 10.9. The van der Waals surface area contributed by atoms with Crippen LogP contribution in [0, 0.1) is 5.92 Å². The van der Waals surface area contributed by atoms with Crippen molar-refractivity contribution in [2.24, 2.45) is 5.92 Å². The van der Waals surface area contributed by atoms with E-state index in [-0.39, 0.29) is 23.6 Å². The van der Waals surface area contributed by atoms with Gasteiger partial charge in [0.05, 0.1) is 29.1 Å². The van der Waals surface area contributed by atoms with Gasteiger partial charge in [-0.05, 0) is 37.1 Å². The topological polar surface area (TPSA) is 102 Å². The van der Waals surface area contributed by atoms with Crippen molar-refractivity contribution in [2.75, 3.05) is 5.75 Å². The van der Waals surface area contributed by atoms with Crippen LogP contribution in [0.25, 0.3) is 22.6 Å². The molecular formula is C21H24N6O2S. The Balaban J connectivity index is 1.44. The van der Waals surface area contributed by atoms with Crippen LogP contribution in [0.15, 0.2) is 52.2 Å². The maximum Gasteiger partial charge on any atom is 0.231 e. The Morgan fingerprint density at radius 2 is 2.07 bits per heavy atom. The minimum Gasteiger partial charge on any atom is -0.461 e. The molecule has 2 N–H and O–H groups in total. The molecule has 0 saturated carbocycles. The third kappa shape index (κ3) is 4.11. The highest BCUT2D eigenvalue weighted by molar-refractivity contribution is 7.99. The number of thioether (sulfide) groups is 1. The summed E-state index contributed by atoms with van der Waals surface area (Å²) >= 11 is 1.36. The van der Waals surface area contributed by atoms with Gasteiger partial charge in [-0.3, -0.25) is 9.36 Å². The molecule has 30 heavy (non-hydrogen) atoms. The number of aromatic nitrogens is 5. The summed E-state index contributed by atoms with van der Waals surface area (Å²) in [6, 6.07) is 11.3. The number of H-pyrrole nitrogens is 1. The first-order valence-electron chi connectivity index (χ1n) is 9.90. The highest BCUT2D eigenvalue weighted by Crippen LogP contribution is 2.25. The lowest BCUT2D eigenvalue weighted by atomic mass is 10.0. The van der Waals surface area contributed by atoms with Crippen LogP contribution < -0.4 is 5.32 Å². The zero-order chi connectivity index (χ0) is 21.1. The summed E-state index contributed by atoms with van der Waals surface area (Å²) in [6.45, 7) is 6.82. The number of para-hydroxylation sites is 2. The number of rotatable bonds is 8. The molecular weight excluding hydrogens is 400 g/mol. The summed E-state index contributed by atoms with van der Waals surface area (Å²) in [5.41, 5.74) is 1.85. The van der Waals surface area contributed by atoms with Crippen molar-refractivity contribution in [3.63, 3.8) is 0 Å². The fourth-order valence-electron chi connectivity index (χ4n) is 3.28. The minimum absolute atomic E-state index is 0.0793. The second kappa shape index (κ2) is 8.74. The van der Waals surface area contributed by atoms with Gasteiger partial charge in [0.15, 0.2) is 16.7 Å². The molecule has 0 spiro atoms. The highest BCUT2D eigenvalue weighted by atomic mass is 32.2. The van der Waals surface area contributed by atoms with E-state index in [1.165, 1.54) is 11.8 Å². The van der Waals surface area contributed by atoms with E-state index < -0.39 is 0 Å². The van der Waals surface area contributed by atoms with Crippen LogP contribution in [0.3, 0.4) is 0 Å². The minimum atomic E-state index is -0.201. The van der Waals surface area contributed by atoms with Gasteiger partial charge in [-0.2, -0.15) is 0 Å². The van der Waals surface area contributed by atoms with Crippen molar-refractivity contribution in [1.29, 1.82) is 0 Å². The van der Waals surface area contributed by atoms with E-state index in [0.29, 0.717) is 23.3 Å². The van der Waals surface area contributed by atoms with Gasteiger partial charge in [0.2, 0.25) is 5.91 Å². The van der Waals surface area contributed by atoms with Gasteiger partial charge in [0, 0.05) is 6.54 Å². The molecule has 0 unspecified atom stereocenters. The van der Waals surface area contributed by atoms with Gasteiger partial charge in [-0.15, -0.1) is 10.2 Å². The molecule has 1 amide bonds. The quantitative estimate of drug-likeness (QED) is 0.414. The van der Waals surface area contributed by atoms with Crippen LogP contribution in [0.1, 0.15) is 32.6 Å². The van der Waals surface area contributed by atoms with Crippen LogP contribution in [0.4, 0.5) is 0 Å². The average Bonchev–Trinajstić information content (AvgIpc) is 3.48. The molecule has 0 aliphatic heterocycles. The Labute approximate surface area is 178 Å². The predicted molar refractivity (Wildman–Crippen MR) is 116 cm³/mol. The maximum atomic E-state index is 12.7. The fraction of sp³-hybridized carbons (Fsp3) is 0.333. The number of hydrogen-bond donors (Lipinski definition) is 2. The molecule has 156 valence electrons. The molecule has 4 aromatic rings. The van der Waals surface area contributed by atoms with Crippen LogP contribution in [0.2, 0.25) is 0 Å². The first kappa shape index (κ1) is 20.2. The molecule has 1 atom stereocenters. The number of hydrogen-bond acceptors (Lipinski definition) is 6. The van der Waals surface area contributed by atoms with Crippen molar-refractivity contribution in [3.05, 3.63) is 48.5 Å². The van der Waals surface area contributed by atoms with Gasteiger partial charge in [0.1, 0.15) is 5.82 Å². The standard InChI is InChI=1S/C21H24N6O2S/c1-4-27-20(16-10-7-11-29-16)25-26-21(27)30-12-17(28)24-18(13(2)3)19-22-14-8-5-6-9-15(14)23-19/h5-11,13,18H,4,12H2,1-3H3,(H,22,23)(H,24,28)/t18-/m1/s1. The predicted octanol–water partition coefficient (Wildman–Crippen LogP) is 4.04. The number of furan rings is 1. The lowest BCUT2D eigenvalue weighted by molar-refractivity contribution is -0.119. The lowest BCUT2D eigenvalue weighted by Crippen LogP contribution is -2.33. The van der Waals surface area contributed by atoms with Gasteiger partial charge < -0.3 is 14.7 Å². The molecule has 8 nitrogen and oxygen atoms in total. The zero-order valence-electron chi connectivity index (χ0n) is 17.1. The normalized spacial score (nSPS) is 12.5. The van der Waals surface area contributed by atoms with Crippen LogP contribution in [0.5, 0.6) is 0 Å². The Kier molecular flexibility index (Phi) is 5.89. The van der Waals surface area contributed by atoms with Crippen molar-refractivity contribution in [2.45, 2.75) is 38.5 Å². The summed E-state index contributed by atoms with van der Waals surface area (Å²) in [5.74, 6) is 2.42. The maximum absolute atomic E-state index is 12.7. The van der Waals surface area contributed by atoms with Gasteiger partial charge in [-0.25, -0.2) is 4.98 Å². The van der Waals surface area contributed by atoms with E-state index >= 15 is 0 Å². The number of imidazole rings is 1. The van der Waals surface area contributed by atoms with E-state index in [2.05, 4.69) is 39.3 Å². The number of carbonyl (C=O) groups is 1. The molecule has 0 fully saturated rings. The summed E-state index contributed by atoms with van der Waals surface area (Å²) in [4.78, 5) is 20.7. The largest absolute Gasteiger partial charge is 0.461 e. The number of carbonyl (C=O) groups excluding carboxylic acids is 1. The Bertz CT molecular complexity index is 1100. The van der Waals surface area contributed by atoms with Gasteiger partial charge in [0.25, 0.3) is 0 Å². The number of nitrogens with zero attached hydrogens (tertiary/aromatic N) is 4. The van der Waals surface area contributed by atoms with Crippen LogP contribution >= 0.6 is 11.8 Å². The zero-order valence-corrected chi connectivity index (χ0v) is 17.9. The average molecular weight is 425 g/mol. The number of nitrogens with one attached hydrogen (secondary N) is 2. The molecule has 0 bridgehead atoms. The molecule has 3 aromatic heterocycles. The van der Waals surface area contributed by atoms with Crippen molar-refractivity contribution in [1.82, 2.24) is 30.0 Å². The monoisotopic (exact) mass is 424 g/mol. The summed E-state index contributed by atoms with van der Waals surface area (Å²) < 4.78 is 7.37. The second-order valence-electron chi connectivity index (χ2n) is 7.24. The Morgan fingerprint density at radius 1 is 1.23 bits per heavy atom. The van der Waals surface area contributed by atoms with Gasteiger partial charge in [-0.1, -0.05) is 37.7 Å². The Hall–Kier alpha value is -3.07. The van der Waals surface area contributed by atoms with E-state index in [9.17, 15) is 4.79 Å². The molecule has 3 heterocycles. The SMILES string of the molecule is CCn1c(SCC(=O)N[C@@H](c2nc3ccccc3[nH]2)C(C)C)nnc1-c1ccco1. The van der Waals surface area contributed by atoms with E-state index in [0.717, 1.165) is 16.9 Å². The molecule has 9 heteroatoms. The molecule has 1 aromatic carbocycles. The molecule has 0 aliphatic rings. The second-order valence-corrected chi connectivity index (χ2v) is 8.19. The highest BCUT2D eigenvalue weighted by Gasteiger charge is 2.23. The molecule has 0 radical (unpaired) electrons. The number of aromatic amines is 1. The van der Waals surface area contributed by atoms with E-state index in [1.54, 1.807) is 6.26 Å². The Morgan fingerprint density at radius 3 is 2.77 bits per heavy atom. The van der Waals surface area contributed by atoms with Crippen LogP contribution in [-0.4, -0.2) is 36.4 Å². The molecule has 0 aliphatic carbocycles. The van der Waals surface area contributed by atoms with E-state index in [4.69, 9.17) is 4.42 Å². The third-order valence-electron chi connectivity index (χ3n) is 4.79. The summed E-state index contributed by atoms with van der Waals surface area (Å²) in [5, 5.41) is 12.2. The van der Waals surface area contributed by atoms with Crippen molar-refractivity contribution >= 4 is 28.7 Å².